The van der Waals surface area contributed by atoms with Crippen LogP contribution in [0.25, 0.3) is 32.7 Å². The minimum absolute atomic E-state index is 0.0579. The molecule has 5 aromatic rings. The van der Waals surface area contributed by atoms with Crippen LogP contribution in [-0.4, -0.2) is 38.3 Å². The van der Waals surface area contributed by atoms with E-state index >= 15 is 0 Å². The Hall–Kier alpha value is -4.03. The molecule has 2 aromatic carbocycles. The number of halogens is 3. The third kappa shape index (κ3) is 5.55. The molecule has 0 saturated heterocycles. The number of nitrogens with one attached hydrogen (secondary N) is 3. The lowest BCUT2D eigenvalue weighted by molar-refractivity contribution is -0.141. The van der Waals surface area contributed by atoms with Gasteiger partial charge in [-0.2, -0.15) is 23.4 Å². The van der Waals surface area contributed by atoms with Crippen LogP contribution in [0.2, 0.25) is 0 Å². The molecule has 0 bridgehead atoms. The molecule has 0 atom stereocenters. The van der Waals surface area contributed by atoms with Crippen LogP contribution in [-0.2, 0) is 12.7 Å². The fourth-order valence-electron chi connectivity index (χ4n) is 3.20. The molecule has 180 valence electrons. The van der Waals surface area contributed by atoms with Crippen molar-refractivity contribution in [1.82, 2.24) is 30.7 Å². The van der Waals surface area contributed by atoms with Crippen molar-refractivity contribution in [3.8, 4) is 21.8 Å². The van der Waals surface area contributed by atoms with Crippen LogP contribution >= 0.6 is 11.3 Å². The highest BCUT2D eigenvalue weighted by Crippen LogP contribution is 2.31. The number of carbonyl (C=O) groups is 1. The lowest BCUT2D eigenvalue weighted by Gasteiger charge is -2.04. The van der Waals surface area contributed by atoms with E-state index in [9.17, 15) is 18.0 Å². The molecule has 1 amide bonds. The number of hydrogen-bond donors (Lipinski definition) is 4. The molecule has 0 aliphatic rings. The molecule has 0 unspecified atom stereocenters. The second-order valence-corrected chi connectivity index (χ2v) is 8.22. The fourth-order valence-corrected chi connectivity index (χ4v) is 3.96. The van der Waals surface area contributed by atoms with Crippen molar-refractivity contribution < 1.29 is 18.0 Å². The molecular weight excluding hydrogens is 479 g/mol. The molecule has 0 fully saturated rings. The quantitative estimate of drug-likeness (QED) is 0.288. The number of hydrogen-bond acceptors (Lipinski definition) is 6. The minimum Gasteiger partial charge on any atom is -0.354 e. The Kier molecular flexibility index (Phi) is 6.94. The number of benzene rings is 2. The van der Waals surface area contributed by atoms with Crippen molar-refractivity contribution in [2.24, 2.45) is 5.73 Å². The zero-order valence-electron chi connectivity index (χ0n) is 18.3. The smallest absolute Gasteiger partial charge is 0.354 e. The van der Waals surface area contributed by atoms with Crippen molar-refractivity contribution in [2.75, 3.05) is 7.05 Å². The molecule has 0 aliphatic carbocycles. The van der Waals surface area contributed by atoms with Crippen LogP contribution < -0.4 is 11.1 Å². The number of carbonyl (C=O) groups excluding carboxylic acids is 1. The number of nitrogens with two attached hydrogens (primary N) is 1. The number of fused-ring (bicyclic) bond motifs is 1. The molecule has 3 heterocycles. The van der Waals surface area contributed by atoms with E-state index in [2.05, 4.69) is 49.9 Å². The van der Waals surface area contributed by atoms with Gasteiger partial charge < -0.3 is 11.1 Å². The topological polar surface area (TPSA) is 125 Å². The molecular formula is C23H20F3N7OS. The van der Waals surface area contributed by atoms with Gasteiger partial charge in [0.05, 0.1) is 11.7 Å². The largest absolute Gasteiger partial charge is 0.432 e. The van der Waals surface area contributed by atoms with E-state index in [0.29, 0.717) is 6.54 Å². The van der Waals surface area contributed by atoms with Crippen molar-refractivity contribution in [2.45, 2.75) is 12.7 Å². The minimum atomic E-state index is -4.48. The molecule has 0 radical (unpaired) electrons. The number of amides is 1. The van der Waals surface area contributed by atoms with Gasteiger partial charge in [0.2, 0.25) is 0 Å². The summed E-state index contributed by atoms with van der Waals surface area (Å²) in [5.74, 6) is -0.399. The van der Waals surface area contributed by atoms with E-state index in [1.807, 2.05) is 29.5 Å². The normalized spacial score (nSPS) is 11.2. The van der Waals surface area contributed by atoms with Gasteiger partial charge in [0.25, 0.3) is 5.91 Å². The summed E-state index contributed by atoms with van der Waals surface area (Å²) in [5, 5.41) is 17.6. The molecule has 3 aromatic heterocycles. The van der Waals surface area contributed by atoms with Gasteiger partial charge in [-0.15, -0.1) is 11.3 Å². The molecule has 35 heavy (non-hydrogen) atoms. The number of H-pyrrole nitrogens is 2. The van der Waals surface area contributed by atoms with E-state index < -0.39 is 17.8 Å². The Bertz CT molecular complexity index is 1450. The number of alkyl halides is 3. The Morgan fingerprint density at radius 1 is 1.11 bits per heavy atom. The summed E-state index contributed by atoms with van der Waals surface area (Å²) in [5.41, 5.74) is 9.50. The second kappa shape index (κ2) is 10.1. The standard InChI is InChI=1S/C14H13N3.C9H7F3N4OS/c15-8-10-2-1-3-11(6-10)12-4-5-14-13(7-12)9-16-17-14;1-13-7(17)5-3-18-8(14-5)4-2-6(16-15-4)9(10,11)12/h1-7,9H,8,15H2,(H,16,17);2-3H,1H3,(H,13,17)(H,15,16). The maximum atomic E-state index is 12.4. The monoisotopic (exact) mass is 499 g/mol. The SMILES string of the molecule is CNC(=O)c1csc(-c2cc(C(F)(F)F)[nH]n2)n1.NCc1cccc(-c2ccc3[nH]ncc3c2)c1. The molecule has 5 N–H and O–H groups in total. The Balaban J connectivity index is 0.000000165. The highest BCUT2D eigenvalue weighted by Gasteiger charge is 2.33. The van der Waals surface area contributed by atoms with E-state index in [1.165, 1.54) is 23.6 Å². The van der Waals surface area contributed by atoms with E-state index in [1.54, 1.807) is 0 Å². The van der Waals surface area contributed by atoms with Gasteiger partial charge in [-0.05, 0) is 41.0 Å². The predicted octanol–water partition coefficient (Wildman–Crippen LogP) is 4.60. The summed E-state index contributed by atoms with van der Waals surface area (Å²) in [6.07, 6.45) is -2.64. The van der Waals surface area contributed by atoms with Gasteiger partial charge >= 0.3 is 6.18 Å². The first-order valence-electron chi connectivity index (χ1n) is 10.3. The molecule has 0 aliphatic heterocycles. The maximum Gasteiger partial charge on any atom is 0.432 e. The van der Waals surface area contributed by atoms with Crippen molar-refractivity contribution >= 4 is 28.1 Å². The van der Waals surface area contributed by atoms with Gasteiger partial charge in [-0.3, -0.25) is 15.0 Å². The summed E-state index contributed by atoms with van der Waals surface area (Å²) >= 11 is 1.05. The number of thiazole rings is 1. The first-order valence-corrected chi connectivity index (χ1v) is 11.2. The lowest BCUT2D eigenvalue weighted by atomic mass is 10.0. The van der Waals surface area contributed by atoms with Gasteiger partial charge in [0.15, 0.2) is 0 Å². The van der Waals surface area contributed by atoms with E-state index in [-0.39, 0.29) is 16.4 Å². The third-order valence-corrected chi connectivity index (χ3v) is 5.87. The van der Waals surface area contributed by atoms with Gasteiger partial charge in [-0.1, -0.05) is 24.3 Å². The number of nitrogens with zero attached hydrogens (tertiary/aromatic N) is 3. The summed E-state index contributed by atoms with van der Waals surface area (Å²) in [4.78, 5) is 15.2. The molecule has 0 spiro atoms. The van der Waals surface area contributed by atoms with Crippen LogP contribution in [0.4, 0.5) is 13.2 Å². The summed E-state index contributed by atoms with van der Waals surface area (Å²) in [6.45, 7) is 0.571. The average Bonchev–Trinajstić information content (AvgIpc) is 3.63. The van der Waals surface area contributed by atoms with Gasteiger partial charge in [-0.25, -0.2) is 4.98 Å². The van der Waals surface area contributed by atoms with Gasteiger partial charge in [0, 0.05) is 24.4 Å². The maximum absolute atomic E-state index is 12.4. The number of aromatic amines is 2. The Labute approximate surface area is 201 Å². The first kappa shape index (κ1) is 24.1. The zero-order valence-corrected chi connectivity index (χ0v) is 19.2. The van der Waals surface area contributed by atoms with Crippen molar-refractivity contribution in [3.63, 3.8) is 0 Å². The molecule has 5 rings (SSSR count). The highest BCUT2D eigenvalue weighted by molar-refractivity contribution is 7.13. The molecule has 8 nitrogen and oxygen atoms in total. The average molecular weight is 500 g/mol. The summed E-state index contributed by atoms with van der Waals surface area (Å²) in [6, 6.07) is 15.4. The van der Waals surface area contributed by atoms with Crippen LogP contribution in [0.1, 0.15) is 21.7 Å². The third-order valence-electron chi connectivity index (χ3n) is 5.00. The van der Waals surface area contributed by atoms with Gasteiger partial charge in [0.1, 0.15) is 22.1 Å². The summed E-state index contributed by atoms with van der Waals surface area (Å²) < 4.78 is 37.1. The fraction of sp³-hybridized carbons (Fsp3) is 0.130. The first-order chi connectivity index (χ1) is 16.8. The van der Waals surface area contributed by atoms with Crippen LogP contribution in [0, 0.1) is 0 Å². The number of aromatic nitrogens is 5. The highest BCUT2D eigenvalue weighted by atomic mass is 32.1. The zero-order chi connectivity index (χ0) is 25.0. The summed E-state index contributed by atoms with van der Waals surface area (Å²) in [7, 11) is 1.44. The van der Waals surface area contributed by atoms with Crippen LogP contribution in [0.5, 0.6) is 0 Å². The predicted molar refractivity (Wildman–Crippen MR) is 128 cm³/mol. The second-order valence-electron chi connectivity index (χ2n) is 7.36. The van der Waals surface area contributed by atoms with Crippen molar-refractivity contribution in [3.05, 3.63) is 77.1 Å². The van der Waals surface area contributed by atoms with Crippen LogP contribution in [0.3, 0.4) is 0 Å². The molecule has 0 saturated carbocycles. The Morgan fingerprint density at radius 3 is 2.63 bits per heavy atom. The number of rotatable bonds is 4. The Morgan fingerprint density at radius 2 is 1.91 bits per heavy atom. The van der Waals surface area contributed by atoms with Crippen molar-refractivity contribution in [1.29, 1.82) is 0 Å². The lowest BCUT2D eigenvalue weighted by Crippen LogP contribution is -2.17. The van der Waals surface area contributed by atoms with E-state index in [0.717, 1.165) is 33.9 Å². The molecule has 12 heteroatoms. The van der Waals surface area contributed by atoms with Crippen LogP contribution in [0.15, 0.2) is 60.1 Å². The van der Waals surface area contributed by atoms with E-state index in [4.69, 9.17) is 5.73 Å².